The number of ether oxygens (including phenoxy) is 3. The Kier molecular flexibility index (Phi) is 5.72. The van der Waals surface area contributed by atoms with Crippen molar-refractivity contribution in [1.29, 1.82) is 0 Å². The Bertz CT molecular complexity index is 952. The van der Waals surface area contributed by atoms with E-state index in [1.54, 1.807) is 36.4 Å². The molecule has 2 aromatic rings. The molecule has 0 heterocycles. The molecule has 0 atom stereocenters. The number of benzene rings is 2. The van der Waals surface area contributed by atoms with Gasteiger partial charge in [0.25, 0.3) is 0 Å². The van der Waals surface area contributed by atoms with E-state index in [4.69, 9.17) is 9.47 Å². The quantitative estimate of drug-likeness (QED) is 0.549. The molecule has 2 amide bonds. The van der Waals surface area contributed by atoms with Crippen LogP contribution in [0, 0.1) is 5.41 Å². The SMILES string of the molecule is COC(=O)c1cccc(NC(=O)C2(C(=O)Nc3ccc(OC)c(OC)c3)CC2)c1. The average Bonchev–Trinajstić information content (AvgIpc) is 3.55. The third kappa shape index (κ3) is 4.16. The van der Waals surface area contributed by atoms with Gasteiger partial charge in [-0.2, -0.15) is 0 Å². The number of carbonyl (C=O) groups excluding carboxylic acids is 3. The van der Waals surface area contributed by atoms with Crippen LogP contribution in [0.3, 0.4) is 0 Å². The zero-order chi connectivity index (χ0) is 21.0. The second kappa shape index (κ2) is 8.22. The van der Waals surface area contributed by atoms with Crippen molar-refractivity contribution in [2.24, 2.45) is 5.41 Å². The van der Waals surface area contributed by atoms with Crippen LogP contribution in [0.5, 0.6) is 11.5 Å². The van der Waals surface area contributed by atoms with E-state index in [-0.39, 0.29) is 0 Å². The highest BCUT2D eigenvalue weighted by Crippen LogP contribution is 2.47. The van der Waals surface area contributed by atoms with Gasteiger partial charge in [-0.05, 0) is 43.2 Å². The lowest BCUT2D eigenvalue weighted by molar-refractivity contribution is -0.131. The van der Waals surface area contributed by atoms with Crippen molar-refractivity contribution in [3.8, 4) is 11.5 Å². The van der Waals surface area contributed by atoms with Gasteiger partial charge < -0.3 is 24.8 Å². The standard InChI is InChI=1S/C21H22N2O6/c1-27-16-8-7-15(12-17(16)28-2)23-20(26)21(9-10-21)19(25)22-14-6-4-5-13(11-14)18(24)29-3/h4-8,11-12H,9-10H2,1-3H3,(H,22,25)(H,23,26). The fourth-order valence-electron chi connectivity index (χ4n) is 2.94. The molecule has 152 valence electrons. The number of hydrogen-bond donors (Lipinski definition) is 2. The van der Waals surface area contributed by atoms with Crippen molar-refractivity contribution in [3.63, 3.8) is 0 Å². The zero-order valence-corrected chi connectivity index (χ0v) is 16.4. The first-order valence-corrected chi connectivity index (χ1v) is 8.97. The number of amides is 2. The number of hydrogen-bond acceptors (Lipinski definition) is 6. The molecule has 1 fully saturated rings. The van der Waals surface area contributed by atoms with Crippen molar-refractivity contribution in [1.82, 2.24) is 0 Å². The molecule has 8 nitrogen and oxygen atoms in total. The number of rotatable bonds is 7. The molecule has 2 aromatic carbocycles. The third-order valence-electron chi connectivity index (χ3n) is 4.80. The molecule has 29 heavy (non-hydrogen) atoms. The number of anilines is 2. The van der Waals surface area contributed by atoms with E-state index < -0.39 is 23.2 Å². The van der Waals surface area contributed by atoms with Crippen LogP contribution >= 0.6 is 0 Å². The fourth-order valence-corrected chi connectivity index (χ4v) is 2.94. The molecular weight excluding hydrogens is 376 g/mol. The first kappa shape index (κ1) is 20.2. The van der Waals surface area contributed by atoms with Gasteiger partial charge in [-0.1, -0.05) is 6.07 Å². The van der Waals surface area contributed by atoms with E-state index in [0.29, 0.717) is 41.3 Å². The summed E-state index contributed by atoms with van der Waals surface area (Å²) in [6, 6.07) is 11.3. The number of nitrogens with one attached hydrogen (secondary N) is 2. The molecule has 0 aromatic heterocycles. The summed E-state index contributed by atoms with van der Waals surface area (Å²) in [4.78, 5) is 37.2. The Morgan fingerprint density at radius 3 is 2.00 bits per heavy atom. The smallest absolute Gasteiger partial charge is 0.337 e. The van der Waals surface area contributed by atoms with E-state index in [1.807, 2.05) is 0 Å². The summed E-state index contributed by atoms with van der Waals surface area (Å²) in [5.74, 6) is -0.314. The second-order valence-corrected chi connectivity index (χ2v) is 6.63. The van der Waals surface area contributed by atoms with Gasteiger partial charge in [0.15, 0.2) is 11.5 Å². The van der Waals surface area contributed by atoms with Gasteiger partial charge >= 0.3 is 5.97 Å². The lowest BCUT2D eigenvalue weighted by Crippen LogP contribution is -2.35. The highest BCUT2D eigenvalue weighted by atomic mass is 16.5. The predicted octanol–water partition coefficient (Wildman–Crippen LogP) is 2.85. The fraction of sp³-hybridized carbons (Fsp3) is 0.286. The summed E-state index contributed by atoms with van der Waals surface area (Å²) in [7, 11) is 4.31. The number of methoxy groups -OCH3 is 3. The Morgan fingerprint density at radius 2 is 1.45 bits per heavy atom. The van der Waals surface area contributed by atoms with Gasteiger partial charge in [0, 0.05) is 17.4 Å². The van der Waals surface area contributed by atoms with Gasteiger partial charge in [-0.3, -0.25) is 9.59 Å². The van der Waals surface area contributed by atoms with Crippen molar-refractivity contribution < 1.29 is 28.6 Å². The number of esters is 1. The largest absolute Gasteiger partial charge is 0.493 e. The zero-order valence-electron chi connectivity index (χ0n) is 16.4. The van der Waals surface area contributed by atoms with Gasteiger partial charge in [0.1, 0.15) is 5.41 Å². The molecule has 1 saturated carbocycles. The average molecular weight is 398 g/mol. The molecule has 0 aliphatic heterocycles. The molecule has 0 radical (unpaired) electrons. The van der Waals surface area contributed by atoms with E-state index >= 15 is 0 Å². The van der Waals surface area contributed by atoms with Gasteiger partial charge in [0.2, 0.25) is 11.8 Å². The minimum atomic E-state index is -1.14. The molecule has 0 spiro atoms. The third-order valence-corrected chi connectivity index (χ3v) is 4.80. The highest BCUT2D eigenvalue weighted by molar-refractivity contribution is 6.17. The summed E-state index contributed by atoms with van der Waals surface area (Å²) in [6.07, 6.45) is 0.878. The minimum Gasteiger partial charge on any atom is -0.493 e. The van der Waals surface area contributed by atoms with E-state index in [2.05, 4.69) is 15.4 Å². The Hall–Kier alpha value is -3.55. The summed E-state index contributed by atoms with van der Waals surface area (Å²) in [5, 5.41) is 5.49. The van der Waals surface area contributed by atoms with Crippen molar-refractivity contribution >= 4 is 29.2 Å². The van der Waals surface area contributed by atoms with Gasteiger partial charge in [0.05, 0.1) is 26.9 Å². The first-order chi connectivity index (χ1) is 13.9. The summed E-state index contributed by atoms with van der Waals surface area (Å²) in [5.41, 5.74) is 0.0847. The van der Waals surface area contributed by atoms with Crippen LogP contribution in [0.25, 0.3) is 0 Å². The van der Waals surface area contributed by atoms with Crippen LogP contribution in [0.1, 0.15) is 23.2 Å². The first-order valence-electron chi connectivity index (χ1n) is 8.97. The van der Waals surface area contributed by atoms with Crippen molar-refractivity contribution in [2.75, 3.05) is 32.0 Å². The monoisotopic (exact) mass is 398 g/mol. The Balaban J connectivity index is 1.71. The van der Waals surface area contributed by atoms with Crippen LogP contribution < -0.4 is 20.1 Å². The predicted molar refractivity (Wildman–Crippen MR) is 106 cm³/mol. The minimum absolute atomic E-state index is 0.310. The molecule has 2 N–H and O–H groups in total. The van der Waals surface area contributed by atoms with Crippen LogP contribution in [0.15, 0.2) is 42.5 Å². The maximum absolute atomic E-state index is 12.8. The normalized spacial score (nSPS) is 13.8. The summed E-state index contributed by atoms with van der Waals surface area (Å²) in [6.45, 7) is 0. The topological polar surface area (TPSA) is 103 Å². The van der Waals surface area contributed by atoms with Gasteiger partial charge in [-0.25, -0.2) is 4.79 Å². The lowest BCUT2D eigenvalue weighted by atomic mass is 10.0. The Morgan fingerprint density at radius 1 is 0.828 bits per heavy atom. The molecule has 8 heteroatoms. The molecule has 1 aliphatic carbocycles. The van der Waals surface area contributed by atoms with Crippen molar-refractivity contribution in [3.05, 3.63) is 48.0 Å². The van der Waals surface area contributed by atoms with Crippen LogP contribution in [0.4, 0.5) is 11.4 Å². The van der Waals surface area contributed by atoms with Crippen LogP contribution in [-0.4, -0.2) is 39.1 Å². The van der Waals surface area contributed by atoms with Crippen LogP contribution in [0.2, 0.25) is 0 Å². The molecule has 0 unspecified atom stereocenters. The molecule has 3 rings (SSSR count). The van der Waals surface area contributed by atoms with E-state index in [9.17, 15) is 14.4 Å². The second-order valence-electron chi connectivity index (χ2n) is 6.63. The molecule has 0 saturated heterocycles. The maximum atomic E-state index is 12.8. The molecular formula is C21H22N2O6. The summed E-state index contributed by atoms with van der Waals surface area (Å²) >= 11 is 0. The maximum Gasteiger partial charge on any atom is 0.337 e. The van der Waals surface area contributed by atoms with Gasteiger partial charge in [-0.15, -0.1) is 0 Å². The molecule has 1 aliphatic rings. The van der Waals surface area contributed by atoms with Crippen molar-refractivity contribution in [2.45, 2.75) is 12.8 Å². The molecule has 0 bridgehead atoms. The number of carbonyl (C=O) groups is 3. The lowest BCUT2D eigenvalue weighted by Gasteiger charge is -2.16. The highest BCUT2D eigenvalue weighted by Gasteiger charge is 2.56. The Labute approximate surface area is 168 Å². The van der Waals surface area contributed by atoms with Crippen LogP contribution in [-0.2, 0) is 14.3 Å². The van der Waals surface area contributed by atoms with E-state index in [0.717, 1.165) is 0 Å². The van der Waals surface area contributed by atoms with E-state index in [1.165, 1.54) is 27.4 Å². The summed E-state index contributed by atoms with van der Waals surface area (Å²) < 4.78 is 15.1.